The first kappa shape index (κ1) is 22.7. The summed E-state index contributed by atoms with van der Waals surface area (Å²) >= 11 is 6.07. The molecule has 0 saturated heterocycles. The van der Waals surface area contributed by atoms with Crippen molar-refractivity contribution in [3.63, 3.8) is 0 Å². The lowest BCUT2D eigenvalue weighted by Gasteiger charge is -2.23. The van der Waals surface area contributed by atoms with Crippen LogP contribution in [0.25, 0.3) is 0 Å². The molecule has 0 bridgehead atoms. The number of rotatable bonds is 7. The molecule has 31 heavy (non-hydrogen) atoms. The number of halogens is 4. The van der Waals surface area contributed by atoms with Crippen molar-refractivity contribution in [1.82, 2.24) is 9.47 Å². The first-order valence-corrected chi connectivity index (χ1v) is 10.3. The number of alkyl halides is 3. The van der Waals surface area contributed by atoms with E-state index in [-0.39, 0.29) is 6.03 Å². The van der Waals surface area contributed by atoms with Crippen molar-refractivity contribution in [1.29, 1.82) is 0 Å². The molecule has 8 heteroatoms. The highest BCUT2D eigenvalue weighted by molar-refractivity contribution is 6.30. The van der Waals surface area contributed by atoms with Crippen LogP contribution < -0.4 is 5.32 Å². The maximum atomic E-state index is 12.8. The quantitative estimate of drug-likeness (QED) is 0.430. The van der Waals surface area contributed by atoms with Crippen LogP contribution in [0.4, 0.5) is 23.7 Å². The van der Waals surface area contributed by atoms with Crippen LogP contribution >= 0.6 is 11.6 Å². The topological polar surface area (TPSA) is 37.3 Å². The third-order valence-corrected chi connectivity index (χ3v) is 5.00. The molecule has 0 aliphatic carbocycles. The van der Waals surface area contributed by atoms with Crippen molar-refractivity contribution in [2.24, 2.45) is 0 Å². The largest absolute Gasteiger partial charge is 0.416 e. The van der Waals surface area contributed by atoms with E-state index >= 15 is 0 Å². The van der Waals surface area contributed by atoms with Gasteiger partial charge >= 0.3 is 12.2 Å². The average Bonchev–Trinajstić information content (AvgIpc) is 3.14. The Balaban J connectivity index is 1.70. The van der Waals surface area contributed by atoms with E-state index in [1.165, 1.54) is 12.1 Å². The van der Waals surface area contributed by atoms with Crippen LogP contribution in [0.15, 0.2) is 66.9 Å². The van der Waals surface area contributed by atoms with Gasteiger partial charge in [-0.2, -0.15) is 13.2 Å². The van der Waals surface area contributed by atoms with E-state index in [0.717, 1.165) is 29.8 Å². The Morgan fingerprint density at radius 3 is 2.48 bits per heavy atom. The molecule has 3 aromatic rings. The smallest absolute Gasteiger partial charge is 0.345 e. The van der Waals surface area contributed by atoms with Crippen LogP contribution in [0.5, 0.6) is 0 Å². The van der Waals surface area contributed by atoms with Gasteiger partial charge in [0.05, 0.1) is 12.1 Å². The van der Waals surface area contributed by atoms with E-state index in [4.69, 9.17) is 11.6 Å². The second-order valence-electron chi connectivity index (χ2n) is 7.18. The number of nitrogens with one attached hydrogen (secondary N) is 1. The van der Waals surface area contributed by atoms with Crippen molar-refractivity contribution in [2.45, 2.75) is 32.6 Å². The monoisotopic (exact) mass is 449 g/mol. The van der Waals surface area contributed by atoms with Crippen LogP contribution in [0.3, 0.4) is 0 Å². The summed E-state index contributed by atoms with van der Waals surface area (Å²) < 4.78 is 40.2. The van der Waals surface area contributed by atoms with E-state index in [1.807, 2.05) is 54.1 Å². The van der Waals surface area contributed by atoms with Crippen LogP contribution in [0, 0.1) is 0 Å². The number of urea groups is 1. The number of carbonyl (C=O) groups is 1. The van der Waals surface area contributed by atoms with E-state index < -0.39 is 11.7 Å². The minimum Gasteiger partial charge on any atom is -0.345 e. The van der Waals surface area contributed by atoms with Gasteiger partial charge in [-0.05, 0) is 60.5 Å². The first-order chi connectivity index (χ1) is 14.8. The summed E-state index contributed by atoms with van der Waals surface area (Å²) in [6.07, 6.45) is -1.73. The molecule has 0 aliphatic rings. The molecule has 2 amide bonds. The molecule has 0 radical (unpaired) electrons. The zero-order chi connectivity index (χ0) is 22.4. The molecule has 0 saturated carbocycles. The first-order valence-electron chi connectivity index (χ1n) is 9.88. The van der Waals surface area contributed by atoms with Gasteiger partial charge in [0, 0.05) is 35.7 Å². The lowest BCUT2D eigenvalue weighted by atomic mass is 10.2. The fourth-order valence-corrected chi connectivity index (χ4v) is 3.46. The molecule has 4 nitrogen and oxygen atoms in total. The minimum atomic E-state index is -4.41. The van der Waals surface area contributed by atoms with Crippen molar-refractivity contribution >= 4 is 23.3 Å². The van der Waals surface area contributed by atoms with E-state index in [1.54, 1.807) is 4.90 Å². The molecule has 1 N–H and O–H groups in total. The number of hydrogen-bond donors (Lipinski definition) is 1. The van der Waals surface area contributed by atoms with Crippen molar-refractivity contribution in [3.8, 4) is 0 Å². The molecule has 0 aliphatic heterocycles. The number of hydrogen-bond acceptors (Lipinski definition) is 1. The highest BCUT2D eigenvalue weighted by Gasteiger charge is 2.30. The van der Waals surface area contributed by atoms with Gasteiger partial charge in [0.2, 0.25) is 0 Å². The summed E-state index contributed by atoms with van der Waals surface area (Å²) in [5.41, 5.74) is 1.54. The number of amides is 2. The molecular weight excluding hydrogens is 427 g/mol. The van der Waals surface area contributed by atoms with Crippen LogP contribution in [-0.4, -0.2) is 22.0 Å². The molecule has 3 rings (SSSR count). The SMILES string of the molecule is CCCN(Cc1cccn1Cc1cccc(Cl)c1)C(=O)Nc1ccc(C(F)(F)F)cc1. The molecule has 0 fully saturated rings. The second-order valence-corrected chi connectivity index (χ2v) is 7.62. The fraction of sp³-hybridized carbons (Fsp3) is 0.261. The molecule has 0 unspecified atom stereocenters. The van der Waals surface area contributed by atoms with Crippen LogP contribution in [0.1, 0.15) is 30.2 Å². The van der Waals surface area contributed by atoms with Crippen molar-refractivity contribution < 1.29 is 18.0 Å². The van der Waals surface area contributed by atoms with E-state index in [9.17, 15) is 18.0 Å². The molecule has 1 heterocycles. The third kappa shape index (κ3) is 6.28. The Morgan fingerprint density at radius 1 is 1.10 bits per heavy atom. The second kappa shape index (κ2) is 9.92. The van der Waals surface area contributed by atoms with E-state index in [0.29, 0.717) is 30.3 Å². The van der Waals surface area contributed by atoms with Crippen LogP contribution in [-0.2, 0) is 19.3 Å². The van der Waals surface area contributed by atoms with Crippen LogP contribution in [0.2, 0.25) is 5.02 Å². The Bertz CT molecular complexity index is 1020. The Kier molecular flexibility index (Phi) is 7.28. The zero-order valence-electron chi connectivity index (χ0n) is 17.0. The average molecular weight is 450 g/mol. The van der Waals surface area contributed by atoms with Gasteiger partial charge in [-0.15, -0.1) is 0 Å². The molecule has 0 atom stereocenters. The highest BCUT2D eigenvalue weighted by Crippen LogP contribution is 2.29. The van der Waals surface area contributed by atoms with Crippen molar-refractivity contribution in [3.05, 3.63) is 88.7 Å². The van der Waals surface area contributed by atoms with Gasteiger partial charge < -0.3 is 14.8 Å². The third-order valence-electron chi connectivity index (χ3n) is 4.76. The van der Waals surface area contributed by atoms with Gasteiger partial charge in [0.25, 0.3) is 0 Å². The predicted molar refractivity (Wildman–Crippen MR) is 116 cm³/mol. The molecule has 164 valence electrons. The lowest BCUT2D eigenvalue weighted by molar-refractivity contribution is -0.137. The minimum absolute atomic E-state index is 0.313. The molecular formula is C23H23ClF3N3O. The van der Waals surface area contributed by atoms with E-state index in [2.05, 4.69) is 5.32 Å². The number of nitrogens with zero attached hydrogens (tertiary/aromatic N) is 2. The Morgan fingerprint density at radius 2 is 1.84 bits per heavy atom. The number of benzene rings is 2. The van der Waals surface area contributed by atoms with Gasteiger partial charge in [0.15, 0.2) is 0 Å². The summed E-state index contributed by atoms with van der Waals surface area (Å²) in [6.45, 7) is 3.45. The maximum Gasteiger partial charge on any atom is 0.416 e. The highest BCUT2D eigenvalue weighted by atomic mass is 35.5. The number of anilines is 1. The molecule has 2 aromatic carbocycles. The van der Waals surface area contributed by atoms with Gasteiger partial charge in [0.1, 0.15) is 0 Å². The zero-order valence-corrected chi connectivity index (χ0v) is 17.7. The summed E-state index contributed by atoms with van der Waals surface area (Å²) in [7, 11) is 0. The summed E-state index contributed by atoms with van der Waals surface area (Å²) in [5, 5.41) is 3.35. The molecule has 0 spiro atoms. The normalized spacial score (nSPS) is 11.4. The van der Waals surface area contributed by atoms with Crippen molar-refractivity contribution in [2.75, 3.05) is 11.9 Å². The Hall–Kier alpha value is -2.93. The number of aromatic nitrogens is 1. The Labute approximate surface area is 184 Å². The van der Waals surface area contributed by atoms with Gasteiger partial charge in [-0.25, -0.2) is 4.79 Å². The maximum absolute atomic E-state index is 12.8. The predicted octanol–water partition coefficient (Wildman–Crippen LogP) is 6.65. The van der Waals surface area contributed by atoms with Gasteiger partial charge in [-0.3, -0.25) is 0 Å². The standard InChI is InChI=1S/C23H23ClF3N3O/c1-2-12-30(22(31)28-20-10-8-18(9-11-20)23(25,26)27)16-21-7-4-13-29(21)15-17-5-3-6-19(24)14-17/h3-11,13-14H,2,12,15-16H2,1H3,(H,28,31). The molecule has 1 aromatic heterocycles. The number of carbonyl (C=O) groups excluding carboxylic acids is 1. The summed E-state index contributed by atoms with van der Waals surface area (Å²) in [6, 6.07) is 15.5. The summed E-state index contributed by atoms with van der Waals surface area (Å²) in [5.74, 6) is 0. The van der Waals surface area contributed by atoms with Gasteiger partial charge in [-0.1, -0.05) is 30.7 Å². The summed E-state index contributed by atoms with van der Waals surface area (Å²) in [4.78, 5) is 14.4. The lowest BCUT2D eigenvalue weighted by Crippen LogP contribution is -2.35. The fourth-order valence-electron chi connectivity index (χ4n) is 3.24.